The molecule has 0 amide bonds. The number of piperazine rings is 1. The summed E-state index contributed by atoms with van der Waals surface area (Å²) in [5.41, 5.74) is 2.33. The molecule has 1 aliphatic heterocycles. The molecule has 2 aromatic rings. The van der Waals surface area contributed by atoms with Crippen LogP contribution >= 0.6 is 11.3 Å². The molecule has 0 bridgehead atoms. The fourth-order valence-corrected chi connectivity index (χ4v) is 2.97. The number of aryl methyl sites for hydroxylation is 1. The molecule has 2 heterocycles. The monoisotopic (exact) mass is 289 g/mol. The SMILES string of the molecule is Cc1csc(COc2ccc(N3CCNCC3)cc2)n1. The first-order chi connectivity index (χ1) is 9.81. The van der Waals surface area contributed by atoms with Crippen LogP contribution in [0.2, 0.25) is 0 Å². The summed E-state index contributed by atoms with van der Waals surface area (Å²) >= 11 is 1.64. The smallest absolute Gasteiger partial charge is 0.140 e. The van der Waals surface area contributed by atoms with Crippen LogP contribution in [0.25, 0.3) is 0 Å². The molecule has 5 heteroatoms. The Balaban J connectivity index is 1.58. The first-order valence-electron chi connectivity index (χ1n) is 6.91. The molecule has 0 spiro atoms. The lowest BCUT2D eigenvalue weighted by Crippen LogP contribution is -2.43. The van der Waals surface area contributed by atoms with Gasteiger partial charge in [-0.3, -0.25) is 0 Å². The average Bonchev–Trinajstić information content (AvgIpc) is 2.92. The van der Waals surface area contributed by atoms with Crippen molar-refractivity contribution in [2.24, 2.45) is 0 Å². The Morgan fingerprint density at radius 2 is 2.00 bits per heavy atom. The molecule has 20 heavy (non-hydrogen) atoms. The average molecular weight is 289 g/mol. The number of anilines is 1. The Morgan fingerprint density at radius 1 is 1.25 bits per heavy atom. The van der Waals surface area contributed by atoms with E-state index in [1.54, 1.807) is 11.3 Å². The largest absolute Gasteiger partial charge is 0.486 e. The highest BCUT2D eigenvalue weighted by Gasteiger charge is 2.10. The molecule has 1 aromatic heterocycles. The quantitative estimate of drug-likeness (QED) is 0.938. The maximum atomic E-state index is 5.76. The molecule has 1 aliphatic rings. The topological polar surface area (TPSA) is 37.4 Å². The highest BCUT2D eigenvalue weighted by molar-refractivity contribution is 7.09. The van der Waals surface area contributed by atoms with Crippen molar-refractivity contribution in [1.29, 1.82) is 0 Å². The van der Waals surface area contributed by atoms with E-state index in [0.29, 0.717) is 6.61 Å². The van der Waals surface area contributed by atoms with Gasteiger partial charge in [-0.1, -0.05) is 0 Å². The predicted octanol–water partition coefficient (Wildman–Crippen LogP) is 2.44. The third-order valence-electron chi connectivity index (χ3n) is 3.35. The fourth-order valence-electron chi connectivity index (χ4n) is 2.29. The van der Waals surface area contributed by atoms with E-state index < -0.39 is 0 Å². The van der Waals surface area contributed by atoms with Crippen LogP contribution in [-0.4, -0.2) is 31.2 Å². The normalized spacial score (nSPS) is 15.3. The summed E-state index contributed by atoms with van der Waals surface area (Å²) in [7, 11) is 0. The van der Waals surface area contributed by atoms with Crippen LogP contribution in [0.5, 0.6) is 5.75 Å². The molecule has 0 saturated carbocycles. The first-order valence-corrected chi connectivity index (χ1v) is 7.79. The molecule has 1 fully saturated rings. The Bertz CT molecular complexity index is 547. The van der Waals surface area contributed by atoms with Crippen LogP contribution in [0, 0.1) is 6.92 Å². The molecule has 4 nitrogen and oxygen atoms in total. The van der Waals surface area contributed by atoms with Gasteiger partial charge in [0.25, 0.3) is 0 Å². The number of hydrogen-bond donors (Lipinski definition) is 1. The lowest BCUT2D eigenvalue weighted by atomic mass is 10.2. The van der Waals surface area contributed by atoms with Crippen molar-refractivity contribution in [3.63, 3.8) is 0 Å². The van der Waals surface area contributed by atoms with E-state index in [4.69, 9.17) is 4.74 Å². The van der Waals surface area contributed by atoms with Crippen molar-refractivity contribution in [2.75, 3.05) is 31.1 Å². The number of nitrogens with one attached hydrogen (secondary N) is 1. The Hall–Kier alpha value is -1.59. The minimum atomic E-state index is 0.547. The zero-order valence-electron chi connectivity index (χ0n) is 11.6. The summed E-state index contributed by atoms with van der Waals surface area (Å²) in [6.45, 7) is 6.80. The Kier molecular flexibility index (Phi) is 4.18. The van der Waals surface area contributed by atoms with Crippen molar-refractivity contribution in [3.05, 3.63) is 40.3 Å². The van der Waals surface area contributed by atoms with Gasteiger partial charge in [-0.25, -0.2) is 4.98 Å². The summed E-state index contributed by atoms with van der Waals surface area (Å²) in [4.78, 5) is 6.79. The molecular formula is C15H19N3OS. The van der Waals surface area contributed by atoms with E-state index in [9.17, 15) is 0 Å². The Morgan fingerprint density at radius 3 is 2.65 bits per heavy atom. The maximum absolute atomic E-state index is 5.76. The first kappa shape index (κ1) is 13.4. The van der Waals surface area contributed by atoms with Crippen molar-refractivity contribution in [1.82, 2.24) is 10.3 Å². The minimum absolute atomic E-state index is 0.547. The zero-order chi connectivity index (χ0) is 13.8. The van der Waals surface area contributed by atoms with Gasteiger partial charge in [-0.2, -0.15) is 0 Å². The molecule has 3 rings (SSSR count). The van der Waals surface area contributed by atoms with E-state index in [-0.39, 0.29) is 0 Å². The molecule has 1 N–H and O–H groups in total. The summed E-state index contributed by atoms with van der Waals surface area (Å²) in [6.07, 6.45) is 0. The zero-order valence-corrected chi connectivity index (χ0v) is 12.4. The number of thiazole rings is 1. The van der Waals surface area contributed by atoms with Crippen LogP contribution in [0.1, 0.15) is 10.7 Å². The number of hydrogen-bond acceptors (Lipinski definition) is 5. The van der Waals surface area contributed by atoms with Gasteiger partial charge in [0.1, 0.15) is 17.4 Å². The van der Waals surface area contributed by atoms with Crippen molar-refractivity contribution >= 4 is 17.0 Å². The van der Waals surface area contributed by atoms with Crippen LogP contribution in [0.15, 0.2) is 29.6 Å². The van der Waals surface area contributed by atoms with Gasteiger partial charge in [0.05, 0.1) is 0 Å². The molecule has 0 aliphatic carbocycles. The second-order valence-corrected chi connectivity index (χ2v) is 5.84. The van der Waals surface area contributed by atoms with Crippen molar-refractivity contribution < 1.29 is 4.74 Å². The second-order valence-electron chi connectivity index (χ2n) is 4.90. The highest BCUT2D eigenvalue weighted by Crippen LogP contribution is 2.21. The summed E-state index contributed by atoms with van der Waals surface area (Å²) in [6, 6.07) is 8.34. The van der Waals surface area contributed by atoms with Crippen LogP contribution < -0.4 is 15.0 Å². The van der Waals surface area contributed by atoms with Gasteiger partial charge in [0.15, 0.2) is 0 Å². The van der Waals surface area contributed by atoms with Gasteiger partial charge in [-0.05, 0) is 31.2 Å². The van der Waals surface area contributed by atoms with E-state index in [2.05, 4.69) is 27.3 Å². The third-order valence-corrected chi connectivity index (χ3v) is 4.29. The van der Waals surface area contributed by atoms with Crippen LogP contribution in [-0.2, 0) is 6.61 Å². The van der Waals surface area contributed by atoms with Crippen LogP contribution in [0.3, 0.4) is 0 Å². The number of benzene rings is 1. The molecule has 1 aromatic carbocycles. The van der Waals surface area contributed by atoms with Crippen molar-refractivity contribution in [2.45, 2.75) is 13.5 Å². The van der Waals surface area contributed by atoms with Gasteiger partial charge in [0, 0.05) is 42.9 Å². The lowest BCUT2D eigenvalue weighted by Gasteiger charge is -2.29. The molecule has 1 saturated heterocycles. The summed E-state index contributed by atoms with van der Waals surface area (Å²) in [5, 5.41) is 6.43. The van der Waals surface area contributed by atoms with Crippen molar-refractivity contribution in [3.8, 4) is 5.75 Å². The minimum Gasteiger partial charge on any atom is -0.486 e. The van der Waals surface area contributed by atoms with E-state index in [1.165, 1.54) is 5.69 Å². The number of ether oxygens (including phenoxy) is 1. The van der Waals surface area contributed by atoms with Gasteiger partial charge < -0.3 is 15.0 Å². The second kappa shape index (κ2) is 6.24. The molecule has 0 atom stereocenters. The third kappa shape index (κ3) is 3.29. The van der Waals surface area contributed by atoms with Gasteiger partial charge in [-0.15, -0.1) is 11.3 Å². The van der Waals surface area contributed by atoms with E-state index in [1.807, 2.05) is 24.4 Å². The fraction of sp³-hybridized carbons (Fsp3) is 0.400. The summed E-state index contributed by atoms with van der Waals surface area (Å²) in [5.74, 6) is 0.900. The number of rotatable bonds is 4. The van der Waals surface area contributed by atoms with Gasteiger partial charge >= 0.3 is 0 Å². The molecule has 0 unspecified atom stereocenters. The maximum Gasteiger partial charge on any atom is 0.140 e. The van der Waals surface area contributed by atoms with E-state index in [0.717, 1.165) is 42.6 Å². The van der Waals surface area contributed by atoms with E-state index >= 15 is 0 Å². The molecular weight excluding hydrogens is 270 g/mol. The number of aromatic nitrogens is 1. The lowest BCUT2D eigenvalue weighted by molar-refractivity contribution is 0.305. The van der Waals surface area contributed by atoms with Crippen LogP contribution in [0.4, 0.5) is 5.69 Å². The highest BCUT2D eigenvalue weighted by atomic mass is 32.1. The number of nitrogens with zero attached hydrogens (tertiary/aromatic N) is 2. The van der Waals surface area contributed by atoms with Gasteiger partial charge in [0.2, 0.25) is 0 Å². The Labute approximate surface area is 123 Å². The predicted molar refractivity (Wildman–Crippen MR) is 82.7 cm³/mol. The summed E-state index contributed by atoms with van der Waals surface area (Å²) < 4.78 is 5.76. The molecule has 0 radical (unpaired) electrons. The standard InChI is InChI=1S/C15H19N3OS/c1-12-11-20-15(17-12)10-19-14-4-2-13(3-5-14)18-8-6-16-7-9-18/h2-5,11,16H,6-10H2,1H3. The molecule has 106 valence electrons.